The maximum atomic E-state index is 5.16. The second kappa shape index (κ2) is 6.96. The van der Waals surface area contributed by atoms with Crippen LogP contribution in [0.5, 0.6) is 0 Å². The second-order valence-corrected chi connectivity index (χ2v) is 10.8. The molecule has 4 heteroatoms. The van der Waals surface area contributed by atoms with Gasteiger partial charge in [0.2, 0.25) is 0 Å². The lowest BCUT2D eigenvalue weighted by Crippen LogP contribution is -1.93. The molecule has 0 saturated carbocycles. The number of benzene rings is 5. The van der Waals surface area contributed by atoms with Crippen LogP contribution >= 0.6 is 11.3 Å². The molecule has 0 amide bonds. The fraction of sp³-hybridized carbons (Fsp3) is 0. The highest BCUT2D eigenvalue weighted by Gasteiger charge is 2.18. The number of pyridine rings is 1. The van der Waals surface area contributed by atoms with E-state index in [0.717, 1.165) is 33.2 Å². The SMILES string of the molecule is c1ccc2c(c1)[nH]c1c2nc2c3ccccc3c3cc(-c4cccc5sc6ccccc6c45)ccc3n21. The fourth-order valence-corrected chi connectivity index (χ4v) is 7.24. The lowest BCUT2D eigenvalue weighted by molar-refractivity contribution is 1.27. The van der Waals surface area contributed by atoms with E-state index in [2.05, 4.69) is 119 Å². The van der Waals surface area contributed by atoms with E-state index in [1.54, 1.807) is 0 Å². The van der Waals surface area contributed by atoms with Crippen LogP contribution in [-0.2, 0) is 0 Å². The number of hydrogen-bond acceptors (Lipinski definition) is 2. The van der Waals surface area contributed by atoms with E-state index in [0.29, 0.717) is 0 Å². The van der Waals surface area contributed by atoms with Gasteiger partial charge in [0.1, 0.15) is 16.8 Å². The molecule has 0 fully saturated rings. The third-order valence-corrected chi connectivity index (χ3v) is 8.86. The van der Waals surface area contributed by atoms with Gasteiger partial charge >= 0.3 is 0 Å². The number of fused-ring (bicyclic) bond motifs is 13. The molecule has 0 spiro atoms. The van der Waals surface area contributed by atoms with Crippen molar-refractivity contribution in [3.63, 3.8) is 0 Å². The van der Waals surface area contributed by atoms with Crippen LogP contribution < -0.4 is 0 Å². The van der Waals surface area contributed by atoms with Crippen LogP contribution in [0.2, 0.25) is 0 Å². The lowest BCUT2D eigenvalue weighted by atomic mass is 9.96. The summed E-state index contributed by atoms with van der Waals surface area (Å²) in [5.74, 6) is 0. The molecule has 0 aliphatic heterocycles. The van der Waals surface area contributed by atoms with E-state index in [-0.39, 0.29) is 0 Å². The third kappa shape index (κ3) is 2.52. The van der Waals surface area contributed by atoms with Crippen LogP contribution in [0.15, 0.2) is 109 Å². The third-order valence-electron chi connectivity index (χ3n) is 7.72. The molecule has 4 heterocycles. The summed E-state index contributed by atoms with van der Waals surface area (Å²) in [6.07, 6.45) is 0. The Hall–Kier alpha value is -4.67. The van der Waals surface area contributed by atoms with Crippen molar-refractivity contribution in [3.8, 4) is 11.1 Å². The van der Waals surface area contributed by atoms with Crippen LogP contribution in [0.3, 0.4) is 0 Å². The summed E-state index contributed by atoms with van der Waals surface area (Å²) in [6.45, 7) is 0. The number of thiophene rings is 1. The van der Waals surface area contributed by atoms with E-state index in [9.17, 15) is 0 Å². The Morgan fingerprint density at radius 3 is 2.30 bits per heavy atom. The van der Waals surface area contributed by atoms with Crippen molar-refractivity contribution in [1.82, 2.24) is 14.4 Å². The fourth-order valence-electron chi connectivity index (χ4n) is 6.11. The maximum absolute atomic E-state index is 5.16. The standard InChI is InChI=1S/C33H19N3S/c1-2-9-22-21(8-1)25-18-19(20-12-7-15-29-30(20)24-11-4-6-14-28(24)37-29)16-17-27(25)36-32(22)35-31-23-10-3-5-13-26(23)34-33(31)36/h1-18,34H. The zero-order valence-corrected chi connectivity index (χ0v) is 20.5. The predicted octanol–water partition coefficient (Wildman–Crippen LogP) is 9.31. The first-order chi connectivity index (χ1) is 18.3. The van der Waals surface area contributed by atoms with Gasteiger partial charge in [-0.1, -0.05) is 78.9 Å². The number of rotatable bonds is 1. The number of nitrogens with zero attached hydrogens (tertiary/aromatic N) is 2. The van der Waals surface area contributed by atoms with Crippen molar-refractivity contribution < 1.29 is 0 Å². The van der Waals surface area contributed by atoms with Gasteiger partial charge in [0, 0.05) is 41.8 Å². The van der Waals surface area contributed by atoms with E-state index in [1.165, 1.54) is 47.5 Å². The average Bonchev–Trinajstić information content (AvgIpc) is 3.63. The van der Waals surface area contributed by atoms with E-state index in [1.807, 2.05) is 11.3 Å². The largest absolute Gasteiger partial charge is 0.339 e. The molecule has 0 aliphatic rings. The van der Waals surface area contributed by atoms with Gasteiger partial charge in [-0.25, -0.2) is 4.98 Å². The van der Waals surface area contributed by atoms with Gasteiger partial charge in [0.15, 0.2) is 0 Å². The molecule has 37 heavy (non-hydrogen) atoms. The van der Waals surface area contributed by atoms with Crippen molar-refractivity contribution in [1.29, 1.82) is 0 Å². The second-order valence-electron chi connectivity index (χ2n) is 9.69. The molecule has 0 atom stereocenters. The van der Waals surface area contributed by atoms with Crippen LogP contribution in [-0.4, -0.2) is 14.4 Å². The summed E-state index contributed by atoms with van der Waals surface area (Å²) >= 11 is 1.87. The molecule has 0 unspecified atom stereocenters. The molecule has 1 N–H and O–H groups in total. The molecule has 9 rings (SSSR count). The van der Waals surface area contributed by atoms with E-state index in [4.69, 9.17) is 4.98 Å². The van der Waals surface area contributed by atoms with Gasteiger partial charge in [-0.2, -0.15) is 0 Å². The molecule has 0 bridgehead atoms. The van der Waals surface area contributed by atoms with E-state index >= 15 is 0 Å². The topological polar surface area (TPSA) is 33.1 Å². The van der Waals surface area contributed by atoms with Crippen LogP contribution in [0.1, 0.15) is 0 Å². The van der Waals surface area contributed by atoms with Crippen molar-refractivity contribution in [2.75, 3.05) is 0 Å². The number of para-hydroxylation sites is 1. The minimum Gasteiger partial charge on any atom is -0.339 e. The zero-order valence-electron chi connectivity index (χ0n) is 19.7. The Balaban J connectivity index is 1.44. The Morgan fingerprint density at radius 2 is 1.38 bits per heavy atom. The Bertz CT molecular complexity index is 2370. The minimum atomic E-state index is 0.994. The number of H-pyrrole nitrogens is 1. The van der Waals surface area contributed by atoms with Gasteiger partial charge in [-0.05, 0) is 46.8 Å². The van der Waals surface area contributed by atoms with E-state index < -0.39 is 0 Å². The number of aromatic nitrogens is 3. The first-order valence-corrected chi connectivity index (χ1v) is 13.3. The summed E-state index contributed by atoms with van der Waals surface area (Å²) in [7, 11) is 0. The molecule has 3 nitrogen and oxygen atoms in total. The highest BCUT2D eigenvalue weighted by atomic mass is 32.1. The first kappa shape index (κ1) is 19.5. The molecule has 0 radical (unpaired) electrons. The molecule has 172 valence electrons. The lowest BCUT2D eigenvalue weighted by Gasteiger charge is -2.11. The van der Waals surface area contributed by atoms with Gasteiger partial charge in [0.25, 0.3) is 0 Å². The van der Waals surface area contributed by atoms with Crippen molar-refractivity contribution in [3.05, 3.63) is 109 Å². The number of imidazole rings is 1. The van der Waals surface area contributed by atoms with Gasteiger partial charge < -0.3 is 4.98 Å². The molecule has 9 aromatic rings. The highest BCUT2D eigenvalue weighted by molar-refractivity contribution is 7.25. The van der Waals surface area contributed by atoms with Crippen LogP contribution in [0.25, 0.3) is 80.7 Å². The summed E-state index contributed by atoms with van der Waals surface area (Å²) in [6, 6.07) is 39.4. The minimum absolute atomic E-state index is 0.994. The summed E-state index contributed by atoms with van der Waals surface area (Å²) in [5, 5.41) is 7.45. The number of hydrogen-bond donors (Lipinski definition) is 1. The number of nitrogens with one attached hydrogen (secondary N) is 1. The summed E-state index contributed by atoms with van der Waals surface area (Å²) in [4.78, 5) is 8.81. The van der Waals surface area contributed by atoms with Gasteiger partial charge in [0.05, 0.1) is 5.52 Å². The summed E-state index contributed by atoms with van der Waals surface area (Å²) in [5.41, 5.74) is 7.85. The average molecular weight is 490 g/mol. The molecule has 0 aliphatic carbocycles. The molecule has 5 aromatic carbocycles. The molecular weight excluding hydrogens is 470 g/mol. The summed E-state index contributed by atoms with van der Waals surface area (Å²) < 4.78 is 4.96. The van der Waals surface area contributed by atoms with Crippen molar-refractivity contribution in [2.24, 2.45) is 0 Å². The zero-order chi connectivity index (χ0) is 24.1. The molecular formula is C33H19N3S. The van der Waals surface area contributed by atoms with Gasteiger partial charge in [-0.15, -0.1) is 11.3 Å². The number of aromatic amines is 1. The smallest absolute Gasteiger partial charge is 0.147 e. The quantitative estimate of drug-likeness (QED) is 0.229. The Kier molecular flexibility index (Phi) is 3.67. The highest BCUT2D eigenvalue weighted by Crippen LogP contribution is 2.42. The first-order valence-electron chi connectivity index (χ1n) is 12.5. The molecule has 0 saturated heterocycles. The van der Waals surface area contributed by atoms with Crippen LogP contribution in [0.4, 0.5) is 0 Å². The van der Waals surface area contributed by atoms with Gasteiger partial charge in [-0.3, -0.25) is 4.40 Å². The monoisotopic (exact) mass is 489 g/mol. The Labute approximate surface area is 215 Å². The normalized spacial score (nSPS) is 12.3. The predicted molar refractivity (Wildman–Crippen MR) is 158 cm³/mol. The van der Waals surface area contributed by atoms with Crippen molar-refractivity contribution in [2.45, 2.75) is 0 Å². The van der Waals surface area contributed by atoms with Crippen LogP contribution in [0, 0.1) is 0 Å². The van der Waals surface area contributed by atoms with Crippen molar-refractivity contribution >= 4 is 80.9 Å². The Morgan fingerprint density at radius 1 is 0.622 bits per heavy atom. The molecule has 4 aromatic heterocycles. The maximum Gasteiger partial charge on any atom is 0.147 e.